The molecular weight excluding hydrogens is 222 g/mol. The maximum atomic E-state index is 11.3. The lowest BCUT2D eigenvalue weighted by atomic mass is 9.85. The zero-order valence-electron chi connectivity index (χ0n) is 10.1. The Morgan fingerprint density at radius 2 is 1.76 bits per heavy atom. The second-order valence-corrected chi connectivity index (χ2v) is 5.48. The molecule has 0 spiro atoms. The van der Waals surface area contributed by atoms with Gasteiger partial charge in [-0.25, -0.2) is 9.59 Å². The van der Waals surface area contributed by atoms with Crippen molar-refractivity contribution in [1.82, 2.24) is 4.90 Å². The first-order valence-corrected chi connectivity index (χ1v) is 6.19. The van der Waals surface area contributed by atoms with E-state index in [1.807, 2.05) is 0 Å². The number of amides is 1. The highest BCUT2D eigenvalue weighted by atomic mass is 16.4. The number of carboxylic acid groups (broad SMARTS) is 2. The molecule has 2 fully saturated rings. The Labute approximate surface area is 100 Å². The minimum atomic E-state index is -1.24. The Bertz CT molecular complexity index is 337. The Morgan fingerprint density at radius 3 is 2.18 bits per heavy atom. The third-order valence-corrected chi connectivity index (χ3v) is 4.43. The molecule has 1 aliphatic carbocycles. The minimum Gasteiger partial charge on any atom is -0.480 e. The van der Waals surface area contributed by atoms with Crippen LogP contribution in [-0.2, 0) is 4.79 Å². The van der Waals surface area contributed by atoms with Gasteiger partial charge in [-0.15, -0.1) is 0 Å². The van der Waals surface area contributed by atoms with Crippen molar-refractivity contribution in [3.63, 3.8) is 0 Å². The van der Waals surface area contributed by atoms with E-state index in [1.165, 1.54) is 19.8 Å². The van der Waals surface area contributed by atoms with Gasteiger partial charge in [-0.1, -0.05) is 25.7 Å². The molecule has 0 unspecified atom stereocenters. The predicted molar refractivity (Wildman–Crippen MR) is 60.8 cm³/mol. The van der Waals surface area contributed by atoms with Crippen LogP contribution in [0.3, 0.4) is 0 Å². The predicted octanol–water partition coefficient (Wildman–Crippen LogP) is 2.02. The van der Waals surface area contributed by atoms with Crippen molar-refractivity contribution >= 4 is 12.1 Å². The fraction of sp³-hybridized carbons (Fsp3) is 0.833. The Balaban J connectivity index is 2.16. The van der Waals surface area contributed by atoms with E-state index in [0.717, 1.165) is 17.7 Å². The van der Waals surface area contributed by atoms with Gasteiger partial charge in [-0.05, 0) is 25.2 Å². The average molecular weight is 241 g/mol. The summed E-state index contributed by atoms with van der Waals surface area (Å²) in [5.74, 6) is -0.298. The highest BCUT2D eigenvalue weighted by molar-refractivity contribution is 5.84. The van der Waals surface area contributed by atoms with Crippen LogP contribution in [0.1, 0.15) is 39.0 Å². The molecule has 2 rings (SSSR count). The fourth-order valence-corrected chi connectivity index (χ4v) is 3.36. The van der Waals surface area contributed by atoms with Crippen molar-refractivity contribution in [3.8, 4) is 0 Å². The van der Waals surface area contributed by atoms with Crippen LogP contribution in [0, 0.1) is 11.8 Å². The molecule has 1 saturated heterocycles. The SMILES string of the molecule is C[C@@]1(C(=O)O)C[C@H](C2CCCC2)CN1C(=O)O. The number of rotatable bonds is 2. The Kier molecular flexibility index (Phi) is 3.02. The van der Waals surface area contributed by atoms with Crippen LogP contribution in [0.5, 0.6) is 0 Å². The molecule has 2 aliphatic rings. The normalized spacial score (nSPS) is 34.2. The third kappa shape index (κ3) is 1.98. The number of hydrogen-bond donors (Lipinski definition) is 2. The van der Waals surface area contributed by atoms with Gasteiger partial charge in [-0.3, -0.25) is 4.90 Å². The molecule has 2 N–H and O–H groups in total. The van der Waals surface area contributed by atoms with E-state index < -0.39 is 17.6 Å². The van der Waals surface area contributed by atoms with Gasteiger partial charge in [0, 0.05) is 6.54 Å². The number of carbonyl (C=O) groups is 2. The maximum Gasteiger partial charge on any atom is 0.408 e. The van der Waals surface area contributed by atoms with Crippen molar-refractivity contribution in [1.29, 1.82) is 0 Å². The van der Waals surface area contributed by atoms with Gasteiger partial charge in [0.2, 0.25) is 0 Å². The summed E-state index contributed by atoms with van der Waals surface area (Å²) in [6.07, 6.45) is 3.96. The van der Waals surface area contributed by atoms with Gasteiger partial charge < -0.3 is 10.2 Å². The lowest BCUT2D eigenvalue weighted by Crippen LogP contribution is -2.50. The number of likely N-dealkylation sites (tertiary alicyclic amines) is 1. The van der Waals surface area contributed by atoms with E-state index in [1.54, 1.807) is 0 Å². The molecule has 0 radical (unpaired) electrons. The number of aliphatic carboxylic acids is 1. The first-order chi connectivity index (χ1) is 7.95. The molecule has 0 aromatic rings. The van der Waals surface area contributed by atoms with Gasteiger partial charge in [0.25, 0.3) is 0 Å². The lowest BCUT2D eigenvalue weighted by molar-refractivity contribution is -0.147. The summed E-state index contributed by atoms with van der Waals surface area (Å²) in [5, 5.41) is 18.4. The molecule has 1 aliphatic heterocycles. The number of nitrogens with zero attached hydrogens (tertiary/aromatic N) is 1. The van der Waals surface area contributed by atoms with Crippen molar-refractivity contribution in [2.75, 3.05) is 6.54 Å². The molecule has 17 heavy (non-hydrogen) atoms. The molecule has 1 saturated carbocycles. The van der Waals surface area contributed by atoms with E-state index in [2.05, 4.69) is 0 Å². The topological polar surface area (TPSA) is 77.8 Å². The highest BCUT2D eigenvalue weighted by Gasteiger charge is 2.52. The van der Waals surface area contributed by atoms with Gasteiger partial charge in [-0.2, -0.15) is 0 Å². The molecule has 5 heteroatoms. The van der Waals surface area contributed by atoms with Gasteiger partial charge in [0.1, 0.15) is 5.54 Å². The second kappa shape index (κ2) is 4.20. The van der Waals surface area contributed by atoms with Gasteiger partial charge in [0.15, 0.2) is 0 Å². The zero-order valence-corrected chi connectivity index (χ0v) is 10.1. The van der Waals surface area contributed by atoms with E-state index in [0.29, 0.717) is 18.9 Å². The van der Waals surface area contributed by atoms with Gasteiger partial charge in [0.05, 0.1) is 0 Å². The average Bonchev–Trinajstić information content (AvgIpc) is 2.84. The van der Waals surface area contributed by atoms with E-state index in [-0.39, 0.29) is 5.92 Å². The number of carboxylic acids is 1. The molecule has 2 atom stereocenters. The summed E-state index contributed by atoms with van der Waals surface area (Å²) in [6.45, 7) is 1.90. The van der Waals surface area contributed by atoms with Crippen LogP contribution in [0.15, 0.2) is 0 Å². The molecule has 5 nitrogen and oxygen atoms in total. The van der Waals surface area contributed by atoms with Crippen LogP contribution in [0.4, 0.5) is 4.79 Å². The summed E-state index contributed by atoms with van der Waals surface area (Å²) < 4.78 is 0. The molecule has 0 aromatic heterocycles. The quantitative estimate of drug-likeness (QED) is 0.775. The van der Waals surface area contributed by atoms with Crippen molar-refractivity contribution < 1.29 is 19.8 Å². The summed E-state index contributed by atoms with van der Waals surface area (Å²) in [6, 6.07) is 0. The second-order valence-electron chi connectivity index (χ2n) is 5.48. The zero-order chi connectivity index (χ0) is 12.6. The third-order valence-electron chi connectivity index (χ3n) is 4.43. The minimum absolute atomic E-state index is 0.217. The largest absolute Gasteiger partial charge is 0.480 e. The van der Waals surface area contributed by atoms with Crippen LogP contribution in [0.2, 0.25) is 0 Å². The molecular formula is C12H19NO4. The highest BCUT2D eigenvalue weighted by Crippen LogP contribution is 2.42. The molecule has 0 bridgehead atoms. The lowest BCUT2D eigenvalue weighted by Gasteiger charge is -2.28. The van der Waals surface area contributed by atoms with Crippen LogP contribution < -0.4 is 0 Å². The summed E-state index contributed by atoms with van der Waals surface area (Å²) >= 11 is 0. The molecule has 1 heterocycles. The monoisotopic (exact) mass is 241 g/mol. The van der Waals surface area contributed by atoms with E-state index in [9.17, 15) is 14.7 Å². The Morgan fingerprint density at radius 1 is 1.18 bits per heavy atom. The fourth-order valence-electron chi connectivity index (χ4n) is 3.36. The summed E-state index contributed by atoms with van der Waals surface area (Å²) in [5.41, 5.74) is -1.24. The molecule has 1 amide bonds. The standard InChI is InChI=1S/C12H19NO4/c1-12(10(14)15)6-9(7-13(12)11(16)17)8-4-2-3-5-8/h8-9H,2-7H2,1H3,(H,14,15)(H,16,17)/t9-,12-/m0/s1. The van der Waals surface area contributed by atoms with Gasteiger partial charge >= 0.3 is 12.1 Å². The summed E-state index contributed by atoms with van der Waals surface area (Å²) in [7, 11) is 0. The first-order valence-electron chi connectivity index (χ1n) is 6.19. The van der Waals surface area contributed by atoms with Crippen LogP contribution in [0.25, 0.3) is 0 Å². The van der Waals surface area contributed by atoms with Crippen molar-refractivity contribution in [3.05, 3.63) is 0 Å². The summed E-state index contributed by atoms with van der Waals surface area (Å²) in [4.78, 5) is 23.5. The first kappa shape index (κ1) is 12.2. The van der Waals surface area contributed by atoms with Crippen LogP contribution in [-0.4, -0.2) is 39.3 Å². The molecule has 0 aromatic carbocycles. The smallest absolute Gasteiger partial charge is 0.408 e. The molecule has 96 valence electrons. The van der Waals surface area contributed by atoms with E-state index in [4.69, 9.17) is 5.11 Å². The van der Waals surface area contributed by atoms with Crippen molar-refractivity contribution in [2.45, 2.75) is 44.6 Å². The Hall–Kier alpha value is -1.26. The van der Waals surface area contributed by atoms with Crippen LogP contribution >= 0.6 is 0 Å². The van der Waals surface area contributed by atoms with E-state index >= 15 is 0 Å². The van der Waals surface area contributed by atoms with Crippen molar-refractivity contribution in [2.24, 2.45) is 11.8 Å². The maximum absolute atomic E-state index is 11.3. The number of hydrogen-bond acceptors (Lipinski definition) is 2.